The summed E-state index contributed by atoms with van der Waals surface area (Å²) in [6.07, 6.45) is 3.99. The van der Waals surface area contributed by atoms with E-state index in [4.69, 9.17) is 21.3 Å². The topological polar surface area (TPSA) is 144 Å². The molecule has 1 unspecified atom stereocenters. The van der Waals surface area contributed by atoms with Crippen molar-refractivity contribution in [1.82, 2.24) is 34.1 Å². The molecule has 0 spiro atoms. The molecule has 4 aromatic rings. The fourth-order valence-corrected chi connectivity index (χ4v) is 7.80. The van der Waals surface area contributed by atoms with Crippen molar-refractivity contribution in [3.8, 4) is 0 Å². The SMILES string of the molecule is CCOC(=O)CC(NS(=O)(=O)N[C@H]1CC2=C(c3ccn(C(F)F)n3)[C@H](c3ccc(F)cc3Cl)N=C(c3nccs3)N2C1)c1ccccn1. The highest BCUT2D eigenvalue weighted by molar-refractivity contribution is 7.87. The molecule has 0 amide bonds. The number of alkyl halides is 2. The van der Waals surface area contributed by atoms with Gasteiger partial charge in [-0.15, -0.1) is 11.3 Å². The number of hydrogen-bond acceptors (Lipinski definition) is 10. The van der Waals surface area contributed by atoms with Crippen LogP contribution in [-0.2, 0) is 19.7 Å². The number of nitrogens with zero attached hydrogens (tertiary/aromatic N) is 6. The summed E-state index contributed by atoms with van der Waals surface area (Å²) in [7, 11) is -4.29. The molecule has 12 nitrogen and oxygen atoms in total. The Bertz CT molecular complexity index is 1960. The van der Waals surface area contributed by atoms with Gasteiger partial charge in [0.2, 0.25) is 0 Å². The third-order valence-electron chi connectivity index (χ3n) is 7.57. The van der Waals surface area contributed by atoms with E-state index >= 15 is 0 Å². The number of halogens is 4. The number of amidine groups is 1. The maximum absolute atomic E-state index is 14.1. The summed E-state index contributed by atoms with van der Waals surface area (Å²) in [5.74, 6) is -0.788. The van der Waals surface area contributed by atoms with E-state index in [-0.39, 0.29) is 36.7 Å². The van der Waals surface area contributed by atoms with E-state index < -0.39 is 46.7 Å². The number of rotatable bonds is 12. The summed E-state index contributed by atoms with van der Waals surface area (Å²) in [6, 6.07) is 7.44. The molecule has 0 aliphatic carbocycles. The molecule has 2 aliphatic rings. The third kappa shape index (κ3) is 7.29. The van der Waals surface area contributed by atoms with E-state index in [9.17, 15) is 26.4 Å². The lowest BCUT2D eigenvalue weighted by molar-refractivity contribution is -0.143. The van der Waals surface area contributed by atoms with Crippen LogP contribution in [0.25, 0.3) is 5.57 Å². The van der Waals surface area contributed by atoms with E-state index in [0.29, 0.717) is 38.1 Å². The highest BCUT2D eigenvalue weighted by Gasteiger charge is 2.42. The minimum atomic E-state index is -4.29. The minimum Gasteiger partial charge on any atom is -0.466 e. The van der Waals surface area contributed by atoms with Crippen molar-refractivity contribution in [2.75, 3.05) is 13.2 Å². The van der Waals surface area contributed by atoms with Crippen molar-refractivity contribution in [3.05, 3.63) is 105 Å². The zero-order valence-corrected chi connectivity index (χ0v) is 27.5. The largest absolute Gasteiger partial charge is 0.466 e. The van der Waals surface area contributed by atoms with E-state index in [1.807, 2.05) is 0 Å². The number of pyridine rings is 1. The van der Waals surface area contributed by atoms with Crippen LogP contribution in [-0.4, -0.2) is 64.1 Å². The summed E-state index contributed by atoms with van der Waals surface area (Å²) in [6.45, 7) is -1.06. The quantitative estimate of drug-likeness (QED) is 0.194. The van der Waals surface area contributed by atoms with Crippen molar-refractivity contribution in [1.29, 1.82) is 0 Å². The number of ether oxygens (including phenoxy) is 1. The van der Waals surface area contributed by atoms with Gasteiger partial charge in [0.15, 0.2) is 10.8 Å². The van der Waals surface area contributed by atoms with Gasteiger partial charge in [0.05, 0.1) is 30.5 Å². The second kappa shape index (κ2) is 14.1. The first-order valence-corrected chi connectivity index (χ1v) is 17.4. The molecule has 1 saturated heterocycles. The molecular formula is C30H28ClF3N8O4S2. The number of aromatic nitrogens is 4. The minimum absolute atomic E-state index is 0.0590. The van der Waals surface area contributed by atoms with Crippen LogP contribution in [0.4, 0.5) is 13.2 Å². The molecule has 48 heavy (non-hydrogen) atoms. The summed E-state index contributed by atoms with van der Waals surface area (Å²) in [5, 5.41) is 6.43. The molecule has 6 rings (SSSR count). The average Bonchev–Trinajstić information content (AvgIpc) is 3.82. The first-order valence-electron chi connectivity index (χ1n) is 14.7. The summed E-state index contributed by atoms with van der Waals surface area (Å²) in [5.41, 5.74) is 1.81. The van der Waals surface area contributed by atoms with E-state index in [1.165, 1.54) is 35.7 Å². The standard InChI is InChI=1S/C30H28ClF3N8O4S2/c1-2-46-25(43)15-23(21-5-3-4-9-35-21)40-48(44,45)39-18-14-24-26(22-8-11-42(38-22)30(33)34)27(19-7-6-17(32)13-20(19)31)37-28(41(24)16-18)29-36-10-12-47-29/h3-13,18,23,27,30,39-40H,2,14-16H2,1H3/t18-,23?,27-/m0/s1. The Hall–Kier alpha value is -4.16. The molecule has 0 saturated carbocycles. The number of hydrogen-bond donors (Lipinski definition) is 2. The third-order valence-corrected chi connectivity index (χ3v) is 9.90. The van der Waals surface area contributed by atoms with Crippen molar-refractivity contribution >= 4 is 50.5 Å². The fraction of sp³-hybridized carbons (Fsp3) is 0.300. The smallest absolute Gasteiger partial charge is 0.333 e. The molecule has 1 fully saturated rings. The second-order valence-corrected chi connectivity index (χ2v) is 13.5. The Morgan fingerprint density at radius 1 is 1.19 bits per heavy atom. The van der Waals surface area contributed by atoms with Gasteiger partial charge in [-0.1, -0.05) is 23.7 Å². The molecule has 2 aliphatic heterocycles. The maximum Gasteiger partial charge on any atom is 0.333 e. The van der Waals surface area contributed by atoms with Crippen molar-refractivity contribution < 1.29 is 31.1 Å². The number of esters is 1. The Morgan fingerprint density at radius 2 is 2.02 bits per heavy atom. The van der Waals surface area contributed by atoms with E-state index in [0.717, 1.165) is 12.3 Å². The normalized spacial score (nSPS) is 18.6. The molecule has 5 heterocycles. The van der Waals surface area contributed by atoms with Crippen LogP contribution in [0.15, 0.2) is 77.1 Å². The second-order valence-electron chi connectivity index (χ2n) is 10.7. The van der Waals surface area contributed by atoms with E-state index in [1.54, 1.807) is 41.6 Å². The van der Waals surface area contributed by atoms with E-state index in [2.05, 4.69) is 24.5 Å². The number of benzene rings is 1. The van der Waals surface area contributed by atoms with Gasteiger partial charge in [-0.05, 0) is 37.3 Å². The number of carbonyl (C=O) groups is 1. The summed E-state index contributed by atoms with van der Waals surface area (Å²) in [4.78, 5) is 27.7. The zero-order chi connectivity index (χ0) is 34.0. The molecule has 3 atom stereocenters. The van der Waals surface area contributed by atoms with Gasteiger partial charge in [0.1, 0.15) is 11.9 Å². The lowest BCUT2D eigenvalue weighted by atomic mass is 9.92. The predicted octanol–water partition coefficient (Wildman–Crippen LogP) is 5.03. The first-order chi connectivity index (χ1) is 23.0. The molecule has 18 heteroatoms. The Balaban J connectivity index is 1.38. The zero-order valence-electron chi connectivity index (χ0n) is 25.1. The number of thiazole rings is 1. The Kier molecular flexibility index (Phi) is 9.93. The van der Waals surface area contributed by atoms with Crippen LogP contribution in [0.1, 0.15) is 60.4 Å². The summed E-state index contributed by atoms with van der Waals surface area (Å²) < 4.78 is 79.3. The van der Waals surface area contributed by atoms with Crippen molar-refractivity contribution in [2.45, 2.75) is 44.4 Å². The maximum atomic E-state index is 14.1. The lowest BCUT2D eigenvalue weighted by Gasteiger charge is -2.32. The summed E-state index contributed by atoms with van der Waals surface area (Å²) >= 11 is 7.81. The van der Waals surface area contributed by atoms with Gasteiger partial charge in [0.25, 0.3) is 10.2 Å². The molecular weight excluding hydrogens is 693 g/mol. The van der Waals surface area contributed by atoms with Gasteiger partial charge in [-0.3, -0.25) is 14.8 Å². The van der Waals surface area contributed by atoms with Crippen molar-refractivity contribution in [2.24, 2.45) is 4.99 Å². The van der Waals surface area contributed by atoms with Crippen LogP contribution < -0.4 is 9.44 Å². The van der Waals surface area contributed by atoms with Crippen LogP contribution in [0.3, 0.4) is 0 Å². The number of nitrogens with one attached hydrogen (secondary N) is 2. The Labute approximate surface area is 282 Å². The highest BCUT2D eigenvalue weighted by Crippen LogP contribution is 2.46. The highest BCUT2D eigenvalue weighted by atomic mass is 35.5. The molecule has 1 aromatic carbocycles. The monoisotopic (exact) mass is 720 g/mol. The van der Waals surface area contributed by atoms with Crippen molar-refractivity contribution in [3.63, 3.8) is 0 Å². The van der Waals surface area contributed by atoms with Gasteiger partial charge >= 0.3 is 12.5 Å². The molecule has 0 radical (unpaired) electrons. The average molecular weight is 721 g/mol. The fourth-order valence-electron chi connectivity index (χ4n) is 5.65. The Morgan fingerprint density at radius 3 is 2.69 bits per heavy atom. The van der Waals surface area contributed by atoms with Crippen LogP contribution in [0.5, 0.6) is 0 Å². The van der Waals surface area contributed by atoms with Gasteiger partial charge in [-0.2, -0.15) is 31.7 Å². The van der Waals surface area contributed by atoms with Crippen LogP contribution in [0, 0.1) is 5.82 Å². The lowest BCUT2D eigenvalue weighted by Crippen LogP contribution is -2.46. The molecule has 3 aromatic heterocycles. The number of carbonyl (C=O) groups excluding carboxylic acids is 1. The first kappa shape index (κ1) is 33.7. The molecule has 2 N–H and O–H groups in total. The van der Waals surface area contributed by atoms with Gasteiger partial charge in [0, 0.05) is 64.8 Å². The number of fused-ring (bicyclic) bond motifs is 1. The molecule has 0 bridgehead atoms. The predicted molar refractivity (Wildman–Crippen MR) is 172 cm³/mol. The van der Waals surface area contributed by atoms with Crippen LogP contribution >= 0.6 is 22.9 Å². The van der Waals surface area contributed by atoms with Gasteiger partial charge < -0.3 is 9.64 Å². The van der Waals surface area contributed by atoms with Gasteiger partial charge in [-0.25, -0.2) is 14.1 Å². The van der Waals surface area contributed by atoms with Crippen LogP contribution in [0.2, 0.25) is 5.02 Å². The number of aliphatic imine (C=N–C) groups is 1. The molecule has 252 valence electrons.